The molecule has 3 aromatic rings. The van der Waals surface area contributed by atoms with E-state index in [0.717, 1.165) is 40.8 Å². The Labute approximate surface area is 300 Å². The van der Waals surface area contributed by atoms with Gasteiger partial charge in [0.15, 0.2) is 0 Å². The SMILES string of the molecule is CCCN(CCNC(C)=O)CC(=O)NCc1cccc(CNC(=O)[C@H](CC(C)=O)NC(=O)[C@H](Cc2ccc(-c3ccccc3)cc2)NC(C)=O)c1. The third-order valence-corrected chi connectivity index (χ3v) is 7.98. The number of amides is 5. The number of nitrogens with zero attached hydrogens (tertiary/aromatic N) is 1. The van der Waals surface area contributed by atoms with Crippen LogP contribution in [0.1, 0.15) is 57.2 Å². The number of hydrogen-bond acceptors (Lipinski definition) is 7. The summed E-state index contributed by atoms with van der Waals surface area (Å²) in [7, 11) is 0. The lowest BCUT2D eigenvalue weighted by molar-refractivity contribution is -0.133. The van der Waals surface area contributed by atoms with Crippen molar-refractivity contribution in [2.24, 2.45) is 0 Å². The molecule has 3 rings (SSSR count). The fraction of sp³-hybridized carbons (Fsp3) is 0.385. The van der Waals surface area contributed by atoms with Crippen molar-refractivity contribution in [1.29, 1.82) is 0 Å². The van der Waals surface area contributed by atoms with Crippen molar-refractivity contribution in [3.63, 3.8) is 0 Å². The molecular weight excluding hydrogens is 648 g/mol. The van der Waals surface area contributed by atoms with Gasteiger partial charge in [-0.25, -0.2) is 0 Å². The average Bonchev–Trinajstić information content (AvgIpc) is 3.09. The zero-order chi connectivity index (χ0) is 37.2. The van der Waals surface area contributed by atoms with E-state index in [0.29, 0.717) is 13.1 Å². The number of Topliss-reactive ketones (excluding diaryl/α,β-unsaturated/α-hetero) is 1. The molecule has 3 aromatic carbocycles. The van der Waals surface area contributed by atoms with Crippen LogP contribution in [0.5, 0.6) is 0 Å². The summed E-state index contributed by atoms with van der Waals surface area (Å²) in [6.07, 6.45) is 0.839. The number of carbonyl (C=O) groups excluding carboxylic acids is 6. The van der Waals surface area contributed by atoms with Crippen LogP contribution in [0.15, 0.2) is 78.9 Å². The van der Waals surface area contributed by atoms with E-state index in [2.05, 4.69) is 26.6 Å². The average molecular weight is 699 g/mol. The Balaban J connectivity index is 1.58. The first-order chi connectivity index (χ1) is 24.4. The van der Waals surface area contributed by atoms with Gasteiger partial charge in [0.25, 0.3) is 0 Å². The second kappa shape index (κ2) is 21.0. The van der Waals surface area contributed by atoms with Crippen molar-refractivity contribution in [3.8, 4) is 11.1 Å². The Kier molecular flexibility index (Phi) is 16.5. The minimum atomic E-state index is -1.15. The van der Waals surface area contributed by atoms with Gasteiger partial charge in [0, 0.05) is 52.9 Å². The lowest BCUT2D eigenvalue weighted by Gasteiger charge is -2.22. The van der Waals surface area contributed by atoms with Gasteiger partial charge in [-0.3, -0.25) is 33.7 Å². The summed E-state index contributed by atoms with van der Waals surface area (Å²) in [4.78, 5) is 76.6. The summed E-state index contributed by atoms with van der Waals surface area (Å²) in [6.45, 7) is 8.52. The number of rotatable bonds is 20. The van der Waals surface area contributed by atoms with Crippen molar-refractivity contribution in [3.05, 3.63) is 95.6 Å². The number of benzene rings is 3. The van der Waals surface area contributed by atoms with E-state index in [-0.39, 0.29) is 50.1 Å². The second-order valence-corrected chi connectivity index (χ2v) is 12.6. The summed E-state index contributed by atoms with van der Waals surface area (Å²) in [5.74, 6) is -2.06. The minimum Gasteiger partial charge on any atom is -0.355 e. The predicted molar refractivity (Wildman–Crippen MR) is 196 cm³/mol. The highest BCUT2D eigenvalue weighted by molar-refractivity contribution is 5.94. The molecule has 2 atom stereocenters. The summed E-state index contributed by atoms with van der Waals surface area (Å²) in [6, 6.07) is 22.8. The zero-order valence-electron chi connectivity index (χ0n) is 29.9. The Hall–Kier alpha value is -5.36. The maximum Gasteiger partial charge on any atom is 0.243 e. The largest absolute Gasteiger partial charge is 0.355 e. The number of hydrogen-bond donors (Lipinski definition) is 5. The molecule has 51 heavy (non-hydrogen) atoms. The fourth-order valence-electron chi connectivity index (χ4n) is 5.52. The Bertz CT molecular complexity index is 1630. The fourth-order valence-corrected chi connectivity index (χ4v) is 5.52. The minimum absolute atomic E-state index is 0.112. The van der Waals surface area contributed by atoms with Gasteiger partial charge in [-0.2, -0.15) is 0 Å². The van der Waals surface area contributed by atoms with Crippen molar-refractivity contribution >= 4 is 35.3 Å². The Morgan fingerprint density at radius 3 is 1.88 bits per heavy atom. The molecule has 0 bridgehead atoms. The Morgan fingerprint density at radius 1 is 0.627 bits per heavy atom. The monoisotopic (exact) mass is 698 g/mol. The van der Waals surface area contributed by atoms with Crippen molar-refractivity contribution in [1.82, 2.24) is 31.5 Å². The van der Waals surface area contributed by atoms with E-state index in [9.17, 15) is 28.8 Å². The predicted octanol–water partition coefficient (Wildman–Crippen LogP) is 2.65. The Morgan fingerprint density at radius 2 is 1.27 bits per heavy atom. The van der Waals surface area contributed by atoms with Crippen molar-refractivity contribution in [2.45, 2.75) is 72.1 Å². The molecule has 0 aliphatic rings. The molecule has 0 heterocycles. The number of carbonyl (C=O) groups is 6. The third kappa shape index (κ3) is 15.0. The van der Waals surface area contributed by atoms with Crippen LogP contribution in [0.4, 0.5) is 0 Å². The molecular formula is C39H50N6O6. The maximum absolute atomic E-state index is 13.4. The lowest BCUT2D eigenvalue weighted by atomic mass is 10.00. The topological polar surface area (TPSA) is 166 Å². The highest BCUT2D eigenvalue weighted by atomic mass is 16.2. The van der Waals surface area contributed by atoms with Crippen LogP contribution < -0.4 is 26.6 Å². The van der Waals surface area contributed by atoms with E-state index in [1.165, 1.54) is 20.8 Å². The van der Waals surface area contributed by atoms with Crippen LogP contribution in [0.25, 0.3) is 11.1 Å². The normalized spacial score (nSPS) is 11.9. The van der Waals surface area contributed by atoms with Gasteiger partial charge >= 0.3 is 0 Å². The number of nitrogens with one attached hydrogen (secondary N) is 5. The molecule has 0 spiro atoms. The van der Waals surface area contributed by atoms with Gasteiger partial charge in [-0.15, -0.1) is 0 Å². The second-order valence-electron chi connectivity index (χ2n) is 12.6. The van der Waals surface area contributed by atoms with Crippen LogP contribution >= 0.6 is 0 Å². The zero-order valence-corrected chi connectivity index (χ0v) is 29.9. The van der Waals surface area contributed by atoms with Gasteiger partial charge in [0.05, 0.1) is 6.54 Å². The molecule has 0 aliphatic carbocycles. The van der Waals surface area contributed by atoms with Crippen LogP contribution in [0.2, 0.25) is 0 Å². The molecule has 5 N–H and O–H groups in total. The van der Waals surface area contributed by atoms with E-state index in [1.807, 2.05) is 90.7 Å². The smallest absolute Gasteiger partial charge is 0.243 e. The third-order valence-electron chi connectivity index (χ3n) is 7.98. The van der Waals surface area contributed by atoms with E-state index < -0.39 is 29.8 Å². The molecule has 0 unspecified atom stereocenters. The first kappa shape index (κ1) is 40.1. The molecule has 0 aliphatic heterocycles. The first-order valence-electron chi connectivity index (χ1n) is 17.2. The number of ketones is 1. The highest BCUT2D eigenvalue weighted by Crippen LogP contribution is 2.20. The molecule has 12 nitrogen and oxygen atoms in total. The molecule has 0 fully saturated rings. The molecule has 0 saturated carbocycles. The molecule has 12 heteroatoms. The van der Waals surface area contributed by atoms with Gasteiger partial charge in [-0.05, 0) is 47.7 Å². The standard InChI is InChI=1S/C39H50N6O6/c1-5-19-45(20-18-40-28(3)47)26-37(49)41-24-31-10-9-11-32(22-31)25-42-38(50)35(21-27(2)46)44-39(51)36(43-29(4)48)23-30-14-16-34(17-15-30)33-12-7-6-8-13-33/h6-17,22,35-36H,5,18-21,23-26H2,1-4H3,(H,40,47)(H,41,49)(H,42,50)(H,43,48)(H,44,51)/t35-,36-/m0/s1. The molecule has 5 amide bonds. The van der Waals surface area contributed by atoms with Crippen LogP contribution in [-0.4, -0.2) is 78.5 Å². The summed E-state index contributed by atoms with van der Waals surface area (Å²) < 4.78 is 0. The highest BCUT2D eigenvalue weighted by Gasteiger charge is 2.27. The van der Waals surface area contributed by atoms with Gasteiger partial charge in [-0.1, -0.05) is 85.8 Å². The summed E-state index contributed by atoms with van der Waals surface area (Å²) in [5.41, 5.74) is 4.48. The van der Waals surface area contributed by atoms with E-state index in [1.54, 1.807) is 0 Å². The van der Waals surface area contributed by atoms with Crippen LogP contribution in [-0.2, 0) is 48.3 Å². The van der Waals surface area contributed by atoms with Crippen molar-refractivity contribution < 1.29 is 28.8 Å². The summed E-state index contributed by atoms with van der Waals surface area (Å²) >= 11 is 0. The molecule has 0 saturated heterocycles. The molecule has 0 aromatic heterocycles. The van der Waals surface area contributed by atoms with Gasteiger partial charge in [0.2, 0.25) is 29.5 Å². The maximum atomic E-state index is 13.4. The summed E-state index contributed by atoms with van der Waals surface area (Å²) in [5, 5.41) is 13.8. The molecule has 272 valence electrons. The quantitative estimate of drug-likeness (QED) is 0.121. The van der Waals surface area contributed by atoms with E-state index >= 15 is 0 Å². The first-order valence-corrected chi connectivity index (χ1v) is 17.2. The van der Waals surface area contributed by atoms with Gasteiger partial charge in [0.1, 0.15) is 17.9 Å². The van der Waals surface area contributed by atoms with E-state index in [4.69, 9.17) is 0 Å². The lowest BCUT2D eigenvalue weighted by Crippen LogP contribution is -2.54. The van der Waals surface area contributed by atoms with Gasteiger partial charge < -0.3 is 26.6 Å². The van der Waals surface area contributed by atoms with Crippen LogP contribution in [0, 0.1) is 0 Å². The molecule has 0 radical (unpaired) electrons. The van der Waals surface area contributed by atoms with Crippen molar-refractivity contribution in [2.75, 3.05) is 26.2 Å². The van der Waals surface area contributed by atoms with Crippen LogP contribution in [0.3, 0.4) is 0 Å².